The molecule has 0 saturated carbocycles. The van der Waals surface area contributed by atoms with Crippen molar-refractivity contribution < 1.29 is 4.79 Å². The SMILES string of the molecule is CC(C)N(CCC(N)=O)C(C)C. The van der Waals surface area contributed by atoms with Gasteiger partial charge in [0.15, 0.2) is 0 Å². The van der Waals surface area contributed by atoms with Crippen LogP contribution in [0.3, 0.4) is 0 Å². The zero-order valence-corrected chi connectivity index (χ0v) is 8.50. The van der Waals surface area contributed by atoms with E-state index in [1.807, 2.05) is 0 Å². The Bertz CT molecular complexity index is 135. The summed E-state index contributed by atoms with van der Waals surface area (Å²) in [6, 6.07) is 0.952. The third-order valence-corrected chi connectivity index (χ3v) is 1.94. The molecule has 0 rings (SSSR count). The molecule has 1 amide bonds. The molecule has 2 N–H and O–H groups in total. The largest absolute Gasteiger partial charge is 0.370 e. The van der Waals surface area contributed by atoms with Gasteiger partial charge in [-0.25, -0.2) is 0 Å². The van der Waals surface area contributed by atoms with Gasteiger partial charge in [-0.3, -0.25) is 9.69 Å². The quantitative estimate of drug-likeness (QED) is 0.672. The summed E-state index contributed by atoms with van der Waals surface area (Å²) in [6.07, 6.45) is 0.455. The number of primary amides is 1. The first-order chi connectivity index (χ1) is 5.45. The van der Waals surface area contributed by atoms with E-state index >= 15 is 0 Å². The van der Waals surface area contributed by atoms with E-state index < -0.39 is 0 Å². The van der Waals surface area contributed by atoms with Crippen LogP contribution in [-0.2, 0) is 4.79 Å². The maximum Gasteiger partial charge on any atom is 0.218 e. The van der Waals surface area contributed by atoms with Gasteiger partial charge in [0.05, 0.1) is 0 Å². The molecule has 0 unspecified atom stereocenters. The van der Waals surface area contributed by atoms with Crippen LogP contribution in [0.15, 0.2) is 0 Å². The second-order valence-electron chi connectivity index (χ2n) is 3.64. The first-order valence-electron chi connectivity index (χ1n) is 4.49. The average Bonchev–Trinajstić information content (AvgIpc) is 1.84. The smallest absolute Gasteiger partial charge is 0.218 e. The fourth-order valence-electron chi connectivity index (χ4n) is 1.35. The molecule has 0 aromatic rings. The minimum atomic E-state index is -0.221. The fourth-order valence-corrected chi connectivity index (χ4v) is 1.35. The zero-order chi connectivity index (χ0) is 9.72. The first kappa shape index (κ1) is 11.4. The molecule has 0 aliphatic rings. The van der Waals surface area contributed by atoms with Gasteiger partial charge < -0.3 is 5.73 Å². The van der Waals surface area contributed by atoms with Crippen LogP contribution in [0.1, 0.15) is 34.1 Å². The number of rotatable bonds is 5. The lowest BCUT2D eigenvalue weighted by Gasteiger charge is -2.29. The van der Waals surface area contributed by atoms with Gasteiger partial charge in [-0.1, -0.05) is 0 Å². The Kier molecular flexibility index (Phi) is 4.90. The van der Waals surface area contributed by atoms with Crippen LogP contribution < -0.4 is 5.73 Å². The van der Waals surface area contributed by atoms with Gasteiger partial charge in [0.2, 0.25) is 5.91 Å². The van der Waals surface area contributed by atoms with Crippen molar-refractivity contribution in [2.45, 2.75) is 46.2 Å². The third-order valence-electron chi connectivity index (χ3n) is 1.94. The molecule has 0 spiro atoms. The summed E-state index contributed by atoms with van der Waals surface area (Å²) in [6.45, 7) is 9.27. The van der Waals surface area contributed by atoms with E-state index in [0.29, 0.717) is 18.5 Å². The van der Waals surface area contributed by atoms with Crippen molar-refractivity contribution in [2.75, 3.05) is 6.54 Å². The lowest BCUT2D eigenvalue weighted by Crippen LogP contribution is -2.39. The zero-order valence-electron chi connectivity index (χ0n) is 8.50. The minimum Gasteiger partial charge on any atom is -0.370 e. The van der Waals surface area contributed by atoms with E-state index in [1.165, 1.54) is 0 Å². The highest BCUT2D eigenvalue weighted by molar-refractivity contribution is 5.73. The Balaban J connectivity index is 3.88. The van der Waals surface area contributed by atoms with Crippen LogP contribution in [0.2, 0.25) is 0 Å². The maximum absolute atomic E-state index is 10.5. The monoisotopic (exact) mass is 172 g/mol. The number of amides is 1. The van der Waals surface area contributed by atoms with Crippen LogP contribution >= 0.6 is 0 Å². The molecule has 0 aromatic carbocycles. The van der Waals surface area contributed by atoms with Crippen molar-refractivity contribution in [3.63, 3.8) is 0 Å². The summed E-state index contributed by atoms with van der Waals surface area (Å²) in [7, 11) is 0. The van der Waals surface area contributed by atoms with Gasteiger partial charge in [-0.05, 0) is 27.7 Å². The Labute approximate surface area is 74.9 Å². The van der Waals surface area contributed by atoms with Crippen molar-refractivity contribution in [3.05, 3.63) is 0 Å². The van der Waals surface area contributed by atoms with Crippen molar-refractivity contribution in [3.8, 4) is 0 Å². The van der Waals surface area contributed by atoms with E-state index in [4.69, 9.17) is 5.73 Å². The predicted octanol–water partition coefficient (Wildman–Crippen LogP) is 0.981. The van der Waals surface area contributed by atoms with Gasteiger partial charge in [0.1, 0.15) is 0 Å². The lowest BCUT2D eigenvalue weighted by atomic mass is 10.2. The summed E-state index contributed by atoms with van der Waals surface area (Å²) < 4.78 is 0. The van der Waals surface area contributed by atoms with Crippen LogP contribution in [0.4, 0.5) is 0 Å². The van der Waals surface area contributed by atoms with Crippen LogP contribution in [0.5, 0.6) is 0 Å². The number of hydrogen-bond donors (Lipinski definition) is 1. The topological polar surface area (TPSA) is 46.3 Å². The molecule has 0 heterocycles. The number of carbonyl (C=O) groups is 1. The summed E-state index contributed by atoms with van der Waals surface area (Å²) in [4.78, 5) is 12.8. The highest BCUT2D eigenvalue weighted by Gasteiger charge is 2.13. The highest BCUT2D eigenvalue weighted by Crippen LogP contribution is 2.04. The highest BCUT2D eigenvalue weighted by atomic mass is 16.1. The van der Waals surface area contributed by atoms with E-state index in [9.17, 15) is 4.79 Å². The number of nitrogens with zero attached hydrogens (tertiary/aromatic N) is 1. The Morgan fingerprint density at radius 2 is 1.67 bits per heavy atom. The summed E-state index contributed by atoms with van der Waals surface area (Å²) in [5.74, 6) is -0.221. The number of hydrogen-bond acceptors (Lipinski definition) is 2. The van der Waals surface area contributed by atoms with Gasteiger partial charge in [0.25, 0.3) is 0 Å². The van der Waals surface area contributed by atoms with Crippen molar-refractivity contribution >= 4 is 5.91 Å². The van der Waals surface area contributed by atoms with Gasteiger partial charge >= 0.3 is 0 Å². The number of nitrogens with two attached hydrogens (primary N) is 1. The maximum atomic E-state index is 10.5. The molecule has 72 valence electrons. The molecule has 0 aromatic heterocycles. The molecule has 0 aliphatic carbocycles. The molecule has 0 aliphatic heterocycles. The Morgan fingerprint density at radius 1 is 1.25 bits per heavy atom. The molecule has 0 saturated heterocycles. The van der Waals surface area contributed by atoms with Crippen molar-refractivity contribution in [1.82, 2.24) is 4.90 Å². The van der Waals surface area contributed by atoms with Crippen molar-refractivity contribution in [2.24, 2.45) is 5.73 Å². The van der Waals surface area contributed by atoms with E-state index in [0.717, 1.165) is 6.54 Å². The first-order valence-corrected chi connectivity index (χ1v) is 4.49. The van der Waals surface area contributed by atoms with Crippen molar-refractivity contribution in [1.29, 1.82) is 0 Å². The normalized spacial score (nSPS) is 11.6. The van der Waals surface area contributed by atoms with Gasteiger partial charge in [-0.2, -0.15) is 0 Å². The molecule has 0 bridgehead atoms. The molecule has 0 fully saturated rings. The fraction of sp³-hybridized carbons (Fsp3) is 0.889. The molecular weight excluding hydrogens is 152 g/mol. The molecule has 12 heavy (non-hydrogen) atoms. The lowest BCUT2D eigenvalue weighted by molar-refractivity contribution is -0.118. The molecule has 3 heteroatoms. The van der Waals surface area contributed by atoms with Crippen LogP contribution in [0, 0.1) is 0 Å². The van der Waals surface area contributed by atoms with Crippen LogP contribution in [0.25, 0.3) is 0 Å². The van der Waals surface area contributed by atoms with Crippen LogP contribution in [-0.4, -0.2) is 29.4 Å². The Hall–Kier alpha value is -0.570. The van der Waals surface area contributed by atoms with E-state index in [2.05, 4.69) is 32.6 Å². The summed E-state index contributed by atoms with van der Waals surface area (Å²) in [5, 5.41) is 0. The standard InChI is InChI=1S/C9H20N2O/c1-7(2)11(8(3)4)6-5-9(10)12/h7-8H,5-6H2,1-4H3,(H2,10,12). The Morgan fingerprint density at radius 3 is 1.92 bits per heavy atom. The summed E-state index contributed by atoms with van der Waals surface area (Å²) in [5.41, 5.74) is 5.08. The second-order valence-corrected chi connectivity index (χ2v) is 3.64. The van der Waals surface area contributed by atoms with Gasteiger partial charge in [0, 0.05) is 25.0 Å². The second kappa shape index (κ2) is 5.14. The molecule has 0 atom stereocenters. The van der Waals surface area contributed by atoms with E-state index in [1.54, 1.807) is 0 Å². The molecule has 0 radical (unpaired) electrons. The van der Waals surface area contributed by atoms with E-state index in [-0.39, 0.29) is 5.91 Å². The summed E-state index contributed by atoms with van der Waals surface area (Å²) >= 11 is 0. The molecular formula is C9H20N2O. The number of carbonyl (C=O) groups excluding carboxylic acids is 1. The molecule has 3 nitrogen and oxygen atoms in total. The predicted molar refractivity (Wildman–Crippen MR) is 50.8 cm³/mol. The average molecular weight is 172 g/mol. The third kappa shape index (κ3) is 4.34. The minimum absolute atomic E-state index is 0.221. The van der Waals surface area contributed by atoms with Gasteiger partial charge in [-0.15, -0.1) is 0 Å².